The molecule has 2 atom stereocenters. The number of fused-ring (bicyclic) bond motifs is 1. The van der Waals surface area contributed by atoms with Crippen LogP contribution in [-0.4, -0.2) is 50.3 Å². The zero-order valence-corrected chi connectivity index (χ0v) is 21.2. The van der Waals surface area contributed by atoms with Crippen LogP contribution >= 0.6 is 0 Å². The van der Waals surface area contributed by atoms with Crippen LogP contribution in [0, 0.1) is 0 Å². The first kappa shape index (κ1) is 27.3. The third-order valence-electron chi connectivity index (χ3n) is 5.65. The van der Waals surface area contributed by atoms with Crippen LogP contribution in [0.2, 0.25) is 0 Å². The number of aliphatic hydroxyl groups is 1. The molecule has 4 rings (SSSR count). The van der Waals surface area contributed by atoms with E-state index in [9.17, 15) is 14.7 Å². The summed E-state index contributed by atoms with van der Waals surface area (Å²) in [7, 11) is 1.42. The van der Waals surface area contributed by atoms with Gasteiger partial charge < -0.3 is 39.8 Å². The SMILES string of the molecule is CO[C@H](/C=C/C(=O)Nc1ccccc1N)[C@H](OC(=O)Nc1ccc2c(c1)OCO2)c1ccccc1OCCO. The van der Waals surface area contributed by atoms with Gasteiger partial charge in [-0.25, -0.2) is 4.79 Å². The lowest BCUT2D eigenvalue weighted by Gasteiger charge is -2.26. The molecule has 0 bridgehead atoms. The Morgan fingerprint density at radius 1 is 1.05 bits per heavy atom. The fourth-order valence-corrected chi connectivity index (χ4v) is 3.82. The summed E-state index contributed by atoms with van der Waals surface area (Å²) in [6.45, 7) is -0.0788. The van der Waals surface area contributed by atoms with E-state index >= 15 is 0 Å². The average Bonchev–Trinajstić information content (AvgIpc) is 3.41. The number of nitrogens with two attached hydrogens (primary N) is 1. The monoisotopic (exact) mass is 535 g/mol. The third-order valence-corrected chi connectivity index (χ3v) is 5.65. The lowest BCUT2D eigenvalue weighted by Crippen LogP contribution is -2.27. The molecule has 3 aromatic rings. The molecule has 11 heteroatoms. The Kier molecular flexibility index (Phi) is 9.22. The molecule has 39 heavy (non-hydrogen) atoms. The van der Waals surface area contributed by atoms with Crippen molar-refractivity contribution in [3.63, 3.8) is 0 Å². The Morgan fingerprint density at radius 2 is 1.82 bits per heavy atom. The highest BCUT2D eigenvalue weighted by Gasteiger charge is 2.29. The van der Waals surface area contributed by atoms with Crippen LogP contribution in [0.15, 0.2) is 78.9 Å². The summed E-state index contributed by atoms with van der Waals surface area (Å²) in [5.74, 6) is 0.990. The summed E-state index contributed by atoms with van der Waals surface area (Å²) in [5.41, 5.74) is 7.68. The van der Waals surface area contributed by atoms with Crippen molar-refractivity contribution in [1.82, 2.24) is 0 Å². The quantitative estimate of drug-likeness (QED) is 0.212. The molecule has 1 heterocycles. The molecule has 0 aliphatic carbocycles. The van der Waals surface area contributed by atoms with Gasteiger partial charge in [0.2, 0.25) is 12.7 Å². The molecule has 1 aliphatic heterocycles. The van der Waals surface area contributed by atoms with E-state index in [1.54, 1.807) is 66.7 Å². The molecule has 11 nitrogen and oxygen atoms in total. The Bertz CT molecular complexity index is 1330. The van der Waals surface area contributed by atoms with Crippen molar-refractivity contribution >= 4 is 29.1 Å². The first-order valence-corrected chi connectivity index (χ1v) is 12.0. The Balaban J connectivity index is 1.56. The number of hydrogen-bond donors (Lipinski definition) is 4. The van der Waals surface area contributed by atoms with Gasteiger partial charge in [0.05, 0.1) is 18.0 Å². The second-order valence-corrected chi connectivity index (χ2v) is 8.26. The molecule has 1 aliphatic rings. The molecule has 0 saturated carbocycles. The number of aliphatic hydroxyl groups excluding tert-OH is 1. The molecular formula is C28H29N3O8. The molecule has 0 fully saturated rings. The highest BCUT2D eigenvalue weighted by Crippen LogP contribution is 2.35. The lowest BCUT2D eigenvalue weighted by atomic mass is 10.0. The number of hydrogen-bond acceptors (Lipinski definition) is 9. The normalized spacial score (nSPS) is 13.5. The van der Waals surface area contributed by atoms with Crippen LogP contribution < -0.4 is 30.6 Å². The topological polar surface area (TPSA) is 151 Å². The number of ether oxygens (including phenoxy) is 5. The van der Waals surface area contributed by atoms with Crippen LogP contribution in [0.1, 0.15) is 11.7 Å². The molecule has 0 aromatic heterocycles. The fraction of sp³-hybridized carbons (Fsp3) is 0.214. The molecule has 0 radical (unpaired) electrons. The van der Waals surface area contributed by atoms with Crippen molar-refractivity contribution in [1.29, 1.82) is 0 Å². The summed E-state index contributed by atoms with van der Waals surface area (Å²) < 4.78 is 27.8. The summed E-state index contributed by atoms with van der Waals surface area (Å²) in [5, 5.41) is 14.6. The maximum absolute atomic E-state index is 13.0. The summed E-state index contributed by atoms with van der Waals surface area (Å²) in [4.78, 5) is 25.6. The Morgan fingerprint density at radius 3 is 2.62 bits per heavy atom. The number of para-hydroxylation sites is 3. The van der Waals surface area contributed by atoms with E-state index in [0.717, 1.165) is 0 Å². The minimum Gasteiger partial charge on any atom is -0.491 e. The highest BCUT2D eigenvalue weighted by molar-refractivity contribution is 6.01. The van der Waals surface area contributed by atoms with Gasteiger partial charge >= 0.3 is 6.09 Å². The maximum atomic E-state index is 13.0. The van der Waals surface area contributed by atoms with Crippen molar-refractivity contribution in [2.45, 2.75) is 12.2 Å². The van der Waals surface area contributed by atoms with Crippen molar-refractivity contribution < 1.29 is 38.4 Å². The summed E-state index contributed by atoms with van der Waals surface area (Å²) in [6.07, 6.45) is 0.0162. The van der Waals surface area contributed by atoms with Crippen LogP contribution in [0.5, 0.6) is 17.2 Å². The predicted octanol–water partition coefficient (Wildman–Crippen LogP) is 3.87. The Labute approximate surface area is 225 Å². The van der Waals surface area contributed by atoms with Gasteiger partial charge in [-0.3, -0.25) is 10.1 Å². The number of methoxy groups -OCH3 is 1. The smallest absolute Gasteiger partial charge is 0.412 e. The average molecular weight is 536 g/mol. The van der Waals surface area contributed by atoms with Crippen LogP contribution in [-0.2, 0) is 14.3 Å². The van der Waals surface area contributed by atoms with Gasteiger partial charge in [0.1, 0.15) is 18.5 Å². The highest BCUT2D eigenvalue weighted by atomic mass is 16.7. The molecule has 204 valence electrons. The minimum atomic E-state index is -1.04. The van der Waals surface area contributed by atoms with Gasteiger partial charge in [-0.1, -0.05) is 30.3 Å². The minimum absolute atomic E-state index is 0.0293. The lowest BCUT2D eigenvalue weighted by molar-refractivity contribution is -0.112. The number of nitrogens with one attached hydrogen (secondary N) is 2. The van der Waals surface area contributed by atoms with E-state index in [1.807, 2.05) is 0 Å². The zero-order valence-electron chi connectivity index (χ0n) is 21.2. The van der Waals surface area contributed by atoms with Gasteiger partial charge in [-0.15, -0.1) is 0 Å². The first-order chi connectivity index (χ1) is 19.0. The molecule has 0 unspecified atom stereocenters. The van der Waals surface area contributed by atoms with Crippen LogP contribution in [0.3, 0.4) is 0 Å². The van der Waals surface area contributed by atoms with Gasteiger partial charge in [-0.2, -0.15) is 0 Å². The molecule has 3 aromatic carbocycles. The number of nitrogen functional groups attached to an aromatic ring is 1. The van der Waals surface area contributed by atoms with Gasteiger partial charge in [0, 0.05) is 30.5 Å². The number of rotatable bonds is 11. The molecule has 2 amide bonds. The molecular weight excluding hydrogens is 506 g/mol. The van der Waals surface area contributed by atoms with E-state index < -0.39 is 24.2 Å². The van der Waals surface area contributed by atoms with E-state index in [-0.39, 0.29) is 20.0 Å². The second-order valence-electron chi connectivity index (χ2n) is 8.26. The molecule has 5 N–H and O–H groups in total. The van der Waals surface area contributed by atoms with Crippen molar-refractivity contribution in [2.75, 3.05) is 43.5 Å². The van der Waals surface area contributed by atoms with Gasteiger partial charge in [-0.05, 0) is 36.4 Å². The van der Waals surface area contributed by atoms with E-state index in [1.165, 1.54) is 19.3 Å². The van der Waals surface area contributed by atoms with Gasteiger partial charge in [0.25, 0.3) is 0 Å². The van der Waals surface area contributed by atoms with Crippen molar-refractivity contribution in [3.05, 3.63) is 84.4 Å². The van der Waals surface area contributed by atoms with Crippen LogP contribution in [0.25, 0.3) is 0 Å². The molecule has 0 spiro atoms. The zero-order chi connectivity index (χ0) is 27.6. The third kappa shape index (κ3) is 7.18. The van der Waals surface area contributed by atoms with Crippen molar-refractivity contribution in [3.8, 4) is 17.2 Å². The largest absolute Gasteiger partial charge is 0.491 e. The summed E-state index contributed by atoms with van der Waals surface area (Å²) in [6, 6.07) is 18.7. The van der Waals surface area contributed by atoms with E-state index in [2.05, 4.69) is 10.6 Å². The fourth-order valence-electron chi connectivity index (χ4n) is 3.82. The predicted molar refractivity (Wildman–Crippen MR) is 144 cm³/mol. The van der Waals surface area contributed by atoms with Gasteiger partial charge in [0.15, 0.2) is 17.6 Å². The number of carbonyl (C=O) groups is 2. The number of benzene rings is 3. The number of anilines is 3. The second kappa shape index (κ2) is 13.2. The number of carbonyl (C=O) groups excluding carboxylic acids is 2. The van der Waals surface area contributed by atoms with Crippen LogP contribution in [0.4, 0.5) is 21.9 Å². The molecule has 0 saturated heterocycles. The maximum Gasteiger partial charge on any atom is 0.412 e. The Hall–Kier alpha value is -4.74. The standard InChI is InChI=1S/C28H29N3O8/c1-35-24(12-13-26(33)31-21-8-4-3-7-20(21)29)27(19-6-2-5-9-22(19)36-15-14-32)39-28(34)30-18-10-11-23-25(16-18)38-17-37-23/h2-13,16,24,27,32H,14-15,17,29H2,1H3,(H,30,34)(H,31,33)/b13-12+/t24-,27-/m1/s1. The van der Waals surface area contributed by atoms with E-state index in [4.69, 9.17) is 29.4 Å². The van der Waals surface area contributed by atoms with Crippen molar-refractivity contribution in [2.24, 2.45) is 0 Å². The summed E-state index contributed by atoms with van der Waals surface area (Å²) >= 11 is 0. The number of amides is 2. The first-order valence-electron chi connectivity index (χ1n) is 12.0. The van der Waals surface area contributed by atoms with E-state index in [0.29, 0.717) is 39.9 Å².